The van der Waals surface area contributed by atoms with Crippen molar-refractivity contribution in [2.75, 3.05) is 26.7 Å². The highest BCUT2D eigenvalue weighted by Gasteiger charge is 2.06. The maximum Gasteiger partial charge on any atom is 0.0263 e. The van der Waals surface area contributed by atoms with Crippen LogP contribution in [0.4, 0.5) is 0 Å². The minimum atomic E-state index is 0.528. The van der Waals surface area contributed by atoms with Crippen LogP contribution in [-0.4, -0.2) is 37.8 Å². The van der Waals surface area contributed by atoms with Gasteiger partial charge in [-0.15, -0.1) is 0 Å². The van der Waals surface area contributed by atoms with E-state index in [1.165, 1.54) is 6.21 Å². The van der Waals surface area contributed by atoms with E-state index in [0.29, 0.717) is 19.0 Å². The van der Waals surface area contributed by atoms with E-state index in [1.807, 2.05) is 7.05 Å². The molecule has 15 heavy (non-hydrogen) atoms. The summed E-state index contributed by atoms with van der Waals surface area (Å²) in [5, 5.41) is 7.34. The average Bonchev–Trinajstić information content (AvgIpc) is 2.13. The maximum atomic E-state index is 7.34. The van der Waals surface area contributed by atoms with Gasteiger partial charge in [0.25, 0.3) is 0 Å². The molecular weight excluding hydrogens is 188 g/mol. The Kier molecular flexibility index (Phi) is 6.99. The molecule has 0 saturated heterocycles. The Bertz CT molecular complexity index is 221. The van der Waals surface area contributed by atoms with Crippen LogP contribution in [0.1, 0.15) is 20.3 Å². The van der Waals surface area contributed by atoms with Crippen LogP contribution < -0.4 is 11.5 Å². The summed E-state index contributed by atoms with van der Waals surface area (Å²) < 4.78 is 0. The molecule has 0 aromatic rings. The monoisotopic (exact) mass is 212 g/mol. The highest BCUT2D eigenvalue weighted by atomic mass is 15.1. The topological polar surface area (TPSA) is 79.1 Å². The lowest BCUT2D eigenvalue weighted by atomic mass is 10.0. The van der Waals surface area contributed by atoms with Crippen molar-refractivity contribution in [1.29, 1.82) is 5.41 Å². The number of likely N-dealkylation sites (N-methyl/N-ethyl adjacent to an activating group) is 1. The van der Waals surface area contributed by atoms with Crippen LogP contribution in [0.5, 0.6) is 0 Å². The Morgan fingerprint density at radius 1 is 1.47 bits per heavy atom. The molecule has 88 valence electrons. The standard InChI is InChI=1S/C11H24N4/c1-9(2)6-11(14)10(7-13)8-15(3)5-4-12/h7,9,13H,4-6,8,12,14H2,1-3H3. The summed E-state index contributed by atoms with van der Waals surface area (Å²) in [4.78, 5) is 2.08. The molecule has 0 fully saturated rings. The van der Waals surface area contributed by atoms with Crippen molar-refractivity contribution in [3.8, 4) is 0 Å². The van der Waals surface area contributed by atoms with Gasteiger partial charge in [-0.05, 0) is 19.4 Å². The molecule has 0 saturated carbocycles. The normalized spacial score (nSPS) is 13.2. The molecule has 0 aliphatic heterocycles. The minimum absolute atomic E-state index is 0.528. The molecule has 0 aliphatic rings. The molecule has 0 aliphatic carbocycles. The number of rotatable bonds is 7. The third-order valence-corrected chi connectivity index (χ3v) is 2.17. The predicted molar refractivity (Wildman–Crippen MR) is 66.0 cm³/mol. The molecule has 0 spiro atoms. The van der Waals surface area contributed by atoms with Gasteiger partial charge >= 0.3 is 0 Å². The lowest BCUT2D eigenvalue weighted by Crippen LogP contribution is -2.29. The third kappa shape index (κ3) is 6.25. The summed E-state index contributed by atoms with van der Waals surface area (Å²) in [5.74, 6) is 0.528. The van der Waals surface area contributed by atoms with Gasteiger partial charge in [0.05, 0.1) is 0 Å². The number of nitrogens with two attached hydrogens (primary N) is 2. The van der Waals surface area contributed by atoms with E-state index in [-0.39, 0.29) is 0 Å². The molecule has 0 aromatic carbocycles. The van der Waals surface area contributed by atoms with E-state index >= 15 is 0 Å². The number of allylic oxidation sites excluding steroid dienone is 1. The van der Waals surface area contributed by atoms with E-state index in [0.717, 1.165) is 24.2 Å². The number of nitrogens with zero attached hydrogens (tertiary/aromatic N) is 1. The number of hydrogen-bond acceptors (Lipinski definition) is 4. The minimum Gasteiger partial charge on any atom is -0.402 e. The first-order chi connectivity index (χ1) is 7.01. The highest BCUT2D eigenvalue weighted by molar-refractivity contribution is 5.77. The van der Waals surface area contributed by atoms with Crippen molar-refractivity contribution in [2.45, 2.75) is 20.3 Å². The van der Waals surface area contributed by atoms with E-state index in [4.69, 9.17) is 16.9 Å². The molecule has 4 nitrogen and oxygen atoms in total. The highest BCUT2D eigenvalue weighted by Crippen LogP contribution is 2.09. The Morgan fingerprint density at radius 2 is 2.07 bits per heavy atom. The lowest BCUT2D eigenvalue weighted by molar-refractivity contribution is 0.375. The molecule has 4 heteroatoms. The van der Waals surface area contributed by atoms with Crippen LogP contribution in [0.15, 0.2) is 11.3 Å². The van der Waals surface area contributed by atoms with Gasteiger partial charge in [0.1, 0.15) is 0 Å². The van der Waals surface area contributed by atoms with Crippen molar-refractivity contribution in [1.82, 2.24) is 4.90 Å². The quantitative estimate of drug-likeness (QED) is 0.546. The summed E-state index contributed by atoms with van der Waals surface area (Å²) in [5.41, 5.74) is 13.1. The zero-order chi connectivity index (χ0) is 11.8. The summed E-state index contributed by atoms with van der Waals surface area (Å²) in [6.07, 6.45) is 2.20. The Labute approximate surface area is 92.8 Å². The molecule has 0 heterocycles. The molecule has 0 aromatic heterocycles. The van der Waals surface area contributed by atoms with Gasteiger partial charge in [0.15, 0.2) is 0 Å². The van der Waals surface area contributed by atoms with E-state index in [2.05, 4.69) is 18.7 Å². The van der Waals surface area contributed by atoms with Crippen molar-refractivity contribution in [2.24, 2.45) is 17.4 Å². The van der Waals surface area contributed by atoms with Gasteiger partial charge in [-0.25, -0.2) is 0 Å². The van der Waals surface area contributed by atoms with Gasteiger partial charge in [0, 0.05) is 37.1 Å². The Balaban J connectivity index is 4.38. The number of hydrogen-bond donors (Lipinski definition) is 3. The largest absolute Gasteiger partial charge is 0.402 e. The fourth-order valence-electron chi connectivity index (χ4n) is 1.40. The van der Waals surface area contributed by atoms with Gasteiger partial charge in [0.2, 0.25) is 0 Å². The first kappa shape index (κ1) is 14.1. The number of nitrogens with one attached hydrogen (secondary N) is 1. The van der Waals surface area contributed by atoms with Crippen molar-refractivity contribution >= 4 is 6.21 Å². The molecule has 5 N–H and O–H groups in total. The van der Waals surface area contributed by atoms with Crippen molar-refractivity contribution in [3.05, 3.63) is 11.3 Å². The molecule has 0 radical (unpaired) electrons. The summed E-state index contributed by atoms with van der Waals surface area (Å²) in [7, 11) is 1.99. The first-order valence-corrected chi connectivity index (χ1v) is 5.37. The van der Waals surface area contributed by atoms with Crippen LogP contribution in [0.3, 0.4) is 0 Å². The second-order valence-corrected chi connectivity index (χ2v) is 4.32. The molecule has 0 unspecified atom stereocenters. The fraction of sp³-hybridized carbons (Fsp3) is 0.727. The van der Waals surface area contributed by atoms with E-state index < -0.39 is 0 Å². The SMILES string of the molecule is CC(C)CC(N)=C(C=N)CN(C)CCN. The van der Waals surface area contributed by atoms with Crippen molar-refractivity contribution in [3.63, 3.8) is 0 Å². The van der Waals surface area contributed by atoms with Crippen LogP contribution in [0.2, 0.25) is 0 Å². The zero-order valence-corrected chi connectivity index (χ0v) is 10.1. The molecule has 0 amide bonds. The Hall–Kier alpha value is -0.870. The first-order valence-electron chi connectivity index (χ1n) is 5.37. The lowest BCUT2D eigenvalue weighted by Gasteiger charge is -2.18. The van der Waals surface area contributed by atoms with Crippen LogP contribution in [0.25, 0.3) is 0 Å². The van der Waals surface area contributed by atoms with Gasteiger partial charge in [-0.1, -0.05) is 13.8 Å². The summed E-state index contributed by atoms with van der Waals surface area (Å²) in [6.45, 7) is 6.41. The van der Waals surface area contributed by atoms with E-state index in [1.54, 1.807) is 0 Å². The van der Waals surface area contributed by atoms with Gasteiger partial charge in [-0.3, -0.25) is 0 Å². The van der Waals surface area contributed by atoms with Crippen LogP contribution in [-0.2, 0) is 0 Å². The summed E-state index contributed by atoms with van der Waals surface area (Å²) >= 11 is 0. The Morgan fingerprint density at radius 3 is 2.47 bits per heavy atom. The zero-order valence-electron chi connectivity index (χ0n) is 10.1. The molecular formula is C11H24N4. The van der Waals surface area contributed by atoms with Crippen molar-refractivity contribution < 1.29 is 0 Å². The molecule has 0 atom stereocenters. The van der Waals surface area contributed by atoms with Crippen LogP contribution >= 0.6 is 0 Å². The summed E-state index contributed by atoms with van der Waals surface area (Å²) in [6, 6.07) is 0. The third-order valence-electron chi connectivity index (χ3n) is 2.17. The van der Waals surface area contributed by atoms with Gasteiger partial charge in [-0.2, -0.15) is 0 Å². The average molecular weight is 212 g/mol. The van der Waals surface area contributed by atoms with Gasteiger partial charge < -0.3 is 21.8 Å². The maximum absolute atomic E-state index is 7.34. The second-order valence-electron chi connectivity index (χ2n) is 4.32. The molecule has 0 rings (SSSR count). The fourth-order valence-corrected chi connectivity index (χ4v) is 1.40. The van der Waals surface area contributed by atoms with Crippen LogP contribution in [0, 0.1) is 11.3 Å². The smallest absolute Gasteiger partial charge is 0.0263 e. The van der Waals surface area contributed by atoms with E-state index in [9.17, 15) is 0 Å². The molecule has 0 bridgehead atoms. The second kappa shape index (κ2) is 7.43. The predicted octanol–water partition coefficient (Wildman–Crippen LogP) is 0.785.